The summed E-state index contributed by atoms with van der Waals surface area (Å²) in [7, 11) is 1.85. The van der Waals surface area contributed by atoms with Crippen molar-refractivity contribution in [1.29, 1.82) is 0 Å². The summed E-state index contributed by atoms with van der Waals surface area (Å²) in [5.41, 5.74) is 7.04. The number of hydrogen-bond donors (Lipinski definition) is 2. The summed E-state index contributed by atoms with van der Waals surface area (Å²) in [4.78, 5) is 33.6. The van der Waals surface area contributed by atoms with Crippen LogP contribution in [-0.4, -0.2) is 82.4 Å². The highest BCUT2D eigenvalue weighted by Crippen LogP contribution is 2.31. The van der Waals surface area contributed by atoms with E-state index in [4.69, 9.17) is 20.2 Å². The van der Waals surface area contributed by atoms with Crippen LogP contribution in [0.4, 0.5) is 16.7 Å². The average Bonchev–Trinajstić information content (AvgIpc) is 3.60. The van der Waals surface area contributed by atoms with Crippen LogP contribution in [0.15, 0.2) is 18.5 Å². The van der Waals surface area contributed by atoms with E-state index in [0.717, 1.165) is 31.2 Å². The maximum Gasteiger partial charge on any atom is 0.317 e. The van der Waals surface area contributed by atoms with Gasteiger partial charge in [0.25, 0.3) is 0 Å². The molecule has 3 fully saturated rings. The summed E-state index contributed by atoms with van der Waals surface area (Å²) in [6, 6.07) is 2.32. The highest BCUT2D eigenvalue weighted by Gasteiger charge is 2.37. The van der Waals surface area contributed by atoms with E-state index in [2.05, 4.69) is 25.2 Å². The Morgan fingerprint density at radius 2 is 1.94 bits per heavy atom. The molecule has 3 heterocycles. The molecule has 32 heavy (non-hydrogen) atoms. The second-order valence-electron chi connectivity index (χ2n) is 8.52. The van der Waals surface area contributed by atoms with E-state index in [1.807, 2.05) is 7.05 Å². The number of ether oxygens (including phenoxy) is 2. The minimum Gasteiger partial charge on any atom is -0.474 e. The van der Waals surface area contributed by atoms with Crippen molar-refractivity contribution in [1.82, 2.24) is 30.2 Å². The number of hydrogen-bond acceptors (Lipinski definition) is 9. The van der Waals surface area contributed by atoms with E-state index in [0.29, 0.717) is 49.9 Å². The molecule has 2 aromatic heterocycles. The van der Waals surface area contributed by atoms with Gasteiger partial charge in [0.1, 0.15) is 6.10 Å². The molecular formula is C21H28N8O3. The number of aromatic nitrogens is 4. The average molecular weight is 441 g/mol. The topological polar surface area (TPSA) is 132 Å². The molecule has 11 nitrogen and oxygen atoms in total. The first-order valence-electron chi connectivity index (χ1n) is 11.0. The van der Waals surface area contributed by atoms with Crippen LogP contribution in [0, 0.1) is 0 Å². The Hall–Kier alpha value is -3.21. The second kappa shape index (κ2) is 8.73. The van der Waals surface area contributed by atoms with Crippen LogP contribution in [0.2, 0.25) is 0 Å². The van der Waals surface area contributed by atoms with Crippen molar-refractivity contribution < 1.29 is 14.3 Å². The summed E-state index contributed by atoms with van der Waals surface area (Å²) in [6.07, 6.45) is 6.98. The lowest BCUT2D eigenvalue weighted by atomic mass is 9.88. The van der Waals surface area contributed by atoms with E-state index in [9.17, 15) is 4.79 Å². The molecule has 11 heteroatoms. The molecule has 3 aliphatic rings. The number of morpholine rings is 1. The SMILES string of the molecule is CN(C(=O)NC1CC1)[C@H]1C[C@H](Oc2cc(-c3cnc(N)nc3)nc(N3CCOCC3)n2)C1. The van der Waals surface area contributed by atoms with Crippen molar-refractivity contribution in [3.63, 3.8) is 0 Å². The summed E-state index contributed by atoms with van der Waals surface area (Å²) >= 11 is 0. The number of amides is 2. The van der Waals surface area contributed by atoms with Crippen LogP contribution in [-0.2, 0) is 4.74 Å². The van der Waals surface area contributed by atoms with E-state index in [1.165, 1.54) is 0 Å². The number of anilines is 2. The first-order chi connectivity index (χ1) is 15.5. The third kappa shape index (κ3) is 4.67. The van der Waals surface area contributed by atoms with Crippen LogP contribution < -0.4 is 20.7 Å². The summed E-state index contributed by atoms with van der Waals surface area (Å²) in [5.74, 6) is 1.30. The molecule has 1 aliphatic heterocycles. The van der Waals surface area contributed by atoms with Crippen molar-refractivity contribution in [3.8, 4) is 17.1 Å². The maximum absolute atomic E-state index is 12.3. The van der Waals surface area contributed by atoms with Crippen LogP contribution in [0.1, 0.15) is 25.7 Å². The summed E-state index contributed by atoms with van der Waals surface area (Å²) < 4.78 is 11.6. The highest BCUT2D eigenvalue weighted by molar-refractivity contribution is 5.75. The maximum atomic E-state index is 12.3. The largest absolute Gasteiger partial charge is 0.474 e. The minimum atomic E-state index is -0.00164. The fraction of sp³-hybridized carbons (Fsp3) is 0.571. The lowest BCUT2D eigenvalue weighted by molar-refractivity contribution is 0.0405. The van der Waals surface area contributed by atoms with E-state index < -0.39 is 0 Å². The molecule has 2 amide bonds. The van der Waals surface area contributed by atoms with Crippen molar-refractivity contribution in [2.45, 2.75) is 43.9 Å². The Morgan fingerprint density at radius 1 is 1.22 bits per heavy atom. The Balaban J connectivity index is 1.29. The zero-order chi connectivity index (χ0) is 22.1. The summed E-state index contributed by atoms with van der Waals surface area (Å²) in [6.45, 7) is 2.70. The Bertz CT molecular complexity index is 956. The lowest BCUT2D eigenvalue weighted by Gasteiger charge is -2.40. The first kappa shape index (κ1) is 20.7. The first-order valence-corrected chi connectivity index (χ1v) is 11.0. The van der Waals surface area contributed by atoms with Gasteiger partial charge in [0, 0.05) is 69.1 Å². The molecule has 2 aliphatic carbocycles. The molecule has 0 bridgehead atoms. The van der Waals surface area contributed by atoms with E-state index in [1.54, 1.807) is 23.4 Å². The minimum absolute atomic E-state index is 0.000804. The fourth-order valence-electron chi connectivity index (χ4n) is 3.79. The molecule has 0 spiro atoms. The molecular weight excluding hydrogens is 412 g/mol. The number of carbonyl (C=O) groups is 1. The zero-order valence-electron chi connectivity index (χ0n) is 18.1. The number of carbonyl (C=O) groups excluding carboxylic acids is 1. The van der Waals surface area contributed by atoms with Crippen molar-refractivity contribution in [3.05, 3.63) is 18.5 Å². The molecule has 0 aromatic carbocycles. The van der Waals surface area contributed by atoms with Crippen LogP contribution in [0.3, 0.4) is 0 Å². The molecule has 3 N–H and O–H groups in total. The summed E-state index contributed by atoms with van der Waals surface area (Å²) in [5, 5.41) is 3.03. The van der Waals surface area contributed by atoms with E-state index >= 15 is 0 Å². The number of nitrogen functional groups attached to an aromatic ring is 1. The predicted molar refractivity (Wildman–Crippen MR) is 117 cm³/mol. The van der Waals surface area contributed by atoms with Crippen molar-refractivity contribution in [2.24, 2.45) is 0 Å². The van der Waals surface area contributed by atoms with Gasteiger partial charge in [-0.25, -0.2) is 19.7 Å². The number of nitrogens with one attached hydrogen (secondary N) is 1. The van der Waals surface area contributed by atoms with Crippen LogP contribution in [0.5, 0.6) is 5.88 Å². The molecule has 1 saturated heterocycles. The molecule has 0 unspecified atom stereocenters. The smallest absolute Gasteiger partial charge is 0.317 e. The number of nitrogens with two attached hydrogens (primary N) is 1. The Kier molecular flexibility index (Phi) is 5.64. The van der Waals surface area contributed by atoms with Gasteiger partial charge in [-0.05, 0) is 12.8 Å². The van der Waals surface area contributed by atoms with Gasteiger partial charge in [-0.1, -0.05) is 0 Å². The highest BCUT2D eigenvalue weighted by atomic mass is 16.5. The van der Waals surface area contributed by atoms with Crippen molar-refractivity contribution in [2.75, 3.05) is 44.0 Å². The Labute approximate surface area is 186 Å². The molecule has 170 valence electrons. The normalized spacial score (nSPS) is 22.7. The van der Waals surface area contributed by atoms with Gasteiger partial charge >= 0.3 is 6.03 Å². The predicted octanol–water partition coefficient (Wildman–Crippen LogP) is 1.07. The standard InChI is InChI=1S/C21H28N8O3/c1-28(21(30)25-14-2-3-14)15-8-16(9-15)32-18-10-17(13-11-23-19(22)24-12-13)26-20(27-18)29-4-6-31-7-5-29/h10-12,14-16H,2-9H2,1H3,(H,25,30)(H2,22,23,24)/t15-,16-. The zero-order valence-corrected chi connectivity index (χ0v) is 18.1. The second-order valence-corrected chi connectivity index (χ2v) is 8.52. The lowest BCUT2D eigenvalue weighted by Crippen LogP contribution is -2.53. The Morgan fingerprint density at radius 3 is 2.62 bits per heavy atom. The monoisotopic (exact) mass is 440 g/mol. The van der Waals surface area contributed by atoms with Gasteiger partial charge in [-0.3, -0.25) is 0 Å². The van der Waals surface area contributed by atoms with Crippen LogP contribution in [0.25, 0.3) is 11.3 Å². The molecule has 0 atom stereocenters. The number of nitrogens with zero attached hydrogens (tertiary/aromatic N) is 6. The van der Waals surface area contributed by atoms with Crippen molar-refractivity contribution >= 4 is 17.9 Å². The molecule has 2 saturated carbocycles. The van der Waals surface area contributed by atoms with Gasteiger partial charge in [0.05, 0.1) is 18.9 Å². The third-order valence-electron chi connectivity index (χ3n) is 6.08. The molecule has 0 radical (unpaired) electrons. The van der Waals surface area contributed by atoms with E-state index in [-0.39, 0.29) is 24.1 Å². The van der Waals surface area contributed by atoms with Gasteiger partial charge in [0.15, 0.2) is 0 Å². The van der Waals surface area contributed by atoms with Gasteiger partial charge in [-0.2, -0.15) is 4.98 Å². The number of rotatable bonds is 6. The quantitative estimate of drug-likeness (QED) is 0.677. The molecule has 2 aromatic rings. The number of urea groups is 1. The van der Waals surface area contributed by atoms with Gasteiger partial charge in [-0.15, -0.1) is 0 Å². The molecule has 5 rings (SSSR count). The third-order valence-corrected chi connectivity index (χ3v) is 6.08. The fourth-order valence-corrected chi connectivity index (χ4v) is 3.79. The van der Waals surface area contributed by atoms with Gasteiger partial charge < -0.3 is 30.3 Å². The van der Waals surface area contributed by atoms with Gasteiger partial charge in [0.2, 0.25) is 17.8 Å². The van der Waals surface area contributed by atoms with Crippen LogP contribution >= 0.6 is 0 Å².